The molecule has 0 spiro atoms. The number of hydrogen-bond acceptors (Lipinski definition) is 6. The Bertz CT molecular complexity index is 1050. The van der Waals surface area contributed by atoms with Crippen LogP contribution >= 0.6 is 0 Å². The number of benzene rings is 1. The highest BCUT2D eigenvalue weighted by Gasteiger charge is 2.14. The van der Waals surface area contributed by atoms with Crippen LogP contribution in [0.3, 0.4) is 0 Å². The lowest BCUT2D eigenvalue weighted by Gasteiger charge is -2.12. The van der Waals surface area contributed by atoms with E-state index in [-0.39, 0.29) is 17.3 Å². The number of pyridine rings is 1. The highest BCUT2D eigenvalue weighted by atomic mass is 32.2. The number of rotatable bonds is 8. The number of carbonyl (C=O) groups is 1. The molecule has 28 heavy (non-hydrogen) atoms. The lowest BCUT2D eigenvalue weighted by Crippen LogP contribution is -2.35. The van der Waals surface area contributed by atoms with Gasteiger partial charge in [0.25, 0.3) is 5.91 Å². The van der Waals surface area contributed by atoms with Gasteiger partial charge in [-0.05, 0) is 42.0 Å². The average molecular weight is 398 g/mol. The molecule has 0 saturated heterocycles. The molecule has 0 saturated carbocycles. The largest absolute Gasteiger partial charge is 0.468 e. The molecule has 2 aromatic heterocycles. The van der Waals surface area contributed by atoms with Crippen LogP contribution in [0.2, 0.25) is 0 Å². The van der Waals surface area contributed by atoms with Crippen LogP contribution in [0.4, 0.5) is 0 Å². The number of furan rings is 1. The van der Waals surface area contributed by atoms with Crippen LogP contribution in [0.15, 0.2) is 83.1 Å². The number of sulfonamides is 1. The van der Waals surface area contributed by atoms with Gasteiger partial charge in [-0.1, -0.05) is 18.7 Å². The van der Waals surface area contributed by atoms with Crippen molar-refractivity contribution in [1.29, 1.82) is 0 Å². The van der Waals surface area contributed by atoms with Crippen LogP contribution in [0.1, 0.15) is 21.7 Å². The quantitative estimate of drug-likeness (QED) is 0.501. The van der Waals surface area contributed by atoms with E-state index >= 15 is 0 Å². The summed E-state index contributed by atoms with van der Waals surface area (Å²) in [4.78, 5) is 16.0. The number of nitrogens with one attached hydrogen (secondary N) is 3. The van der Waals surface area contributed by atoms with E-state index < -0.39 is 10.0 Å². The van der Waals surface area contributed by atoms with Crippen molar-refractivity contribution in [1.82, 2.24) is 20.6 Å². The number of amides is 1. The molecule has 0 bridgehead atoms. The van der Waals surface area contributed by atoms with Gasteiger partial charge in [0, 0.05) is 12.4 Å². The highest BCUT2D eigenvalue weighted by Crippen LogP contribution is 2.15. The summed E-state index contributed by atoms with van der Waals surface area (Å²) in [5.74, 6) is 0.151. The van der Waals surface area contributed by atoms with Crippen LogP contribution in [0.5, 0.6) is 0 Å². The van der Waals surface area contributed by atoms with Crippen LogP contribution in [0.25, 0.3) is 5.70 Å². The average Bonchev–Trinajstić information content (AvgIpc) is 3.25. The Morgan fingerprint density at radius 3 is 2.46 bits per heavy atom. The molecule has 0 fully saturated rings. The maximum absolute atomic E-state index is 12.3. The van der Waals surface area contributed by atoms with Crippen molar-refractivity contribution >= 4 is 21.6 Å². The molecule has 144 valence electrons. The molecule has 0 radical (unpaired) electrons. The minimum absolute atomic E-state index is 0.0612. The molecule has 0 atom stereocenters. The summed E-state index contributed by atoms with van der Waals surface area (Å²) in [5, 5.41) is 0. The van der Waals surface area contributed by atoms with Gasteiger partial charge in [0.2, 0.25) is 10.0 Å². The first kappa shape index (κ1) is 19.3. The Morgan fingerprint density at radius 2 is 1.82 bits per heavy atom. The zero-order chi connectivity index (χ0) is 20.0. The first-order valence-electron chi connectivity index (χ1n) is 8.23. The first-order chi connectivity index (χ1) is 13.5. The molecule has 1 amide bonds. The minimum atomic E-state index is -3.68. The molecule has 0 unspecified atom stereocenters. The van der Waals surface area contributed by atoms with Gasteiger partial charge in [-0.2, -0.15) is 0 Å². The normalized spacial score (nSPS) is 11.0. The van der Waals surface area contributed by atoms with Crippen LogP contribution in [-0.4, -0.2) is 19.3 Å². The van der Waals surface area contributed by atoms with E-state index in [1.54, 1.807) is 42.6 Å². The summed E-state index contributed by atoms with van der Waals surface area (Å²) in [6.07, 6.45) is 4.49. The molecule has 1 aromatic carbocycles. The van der Waals surface area contributed by atoms with Crippen LogP contribution in [-0.2, 0) is 16.6 Å². The third kappa shape index (κ3) is 4.84. The third-order valence-corrected chi connectivity index (χ3v) is 5.20. The van der Waals surface area contributed by atoms with Crippen molar-refractivity contribution in [3.63, 3.8) is 0 Å². The lowest BCUT2D eigenvalue weighted by atomic mass is 10.2. The SMILES string of the molecule is C=C(NNC(=O)c1cccnc1)c1ccc(S(=O)(=O)NCc2ccco2)cc1. The minimum Gasteiger partial charge on any atom is -0.468 e. The van der Waals surface area contributed by atoms with E-state index in [1.165, 1.54) is 24.6 Å². The first-order valence-corrected chi connectivity index (χ1v) is 9.72. The summed E-state index contributed by atoms with van der Waals surface area (Å²) in [6.45, 7) is 3.89. The Kier molecular flexibility index (Phi) is 5.87. The fourth-order valence-corrected chi connectivity index (χ4v) is 3.26. The predicted octanol–water partition coefficient (Wildman–Crippen LogP) is 2.06. The van der Waals surface area contributed by atoms with Gasteiger partial charge in [-0.15, -0.1) is 0 Å². The second-order valence-electron chi connectivity index (χ2n) is 5.73. The van der Waals surface area contributed by atoms with Crippen LogP contribution in [0, 0.1) is 0 Å². The molecule has 3 aromatic rings. The predicted molar refractivity (Wildman–Crippen MR) is 103 cm³/mol. The fraction of sp³-hybridized carbons (Fsp3) is 0.0526. The van der Waals surface area contributed by atoms with Gasteiger partial charge in [-0.25, -0.2) is 13.1 Å². The zero-order valence-electron chi connectivity index (χ0n) is 14.8. The van der Waals surface area contributed by atoms with Gasteiger partial charge in [0.15, 0.2) is 0 Å². The van der Waals surface area contributed by atoms with Gasteiger partial charge in [-0.3, -0.25) is 20.6 Å². The smallest absolute Gasteiger partial charge is 0.271 e. The number of hydrazine groups is 1. The van der Waals surface area contributed by atoms with Crippen LogP contribution < -0.4 is 15.6 Å². The van der Waals surface area contributed by atoms with E-state index in [4.69, 9.17) is 4.42 Å². The van der Waals surface area contributed by atoms with E-state index in [1.807, 2.05) is 0 Å². The number of aromatic nitrogens is 1. The van der Waals surface area contributed by atoms with E-state index in [9.17, 15) is 13.2 Å². The number of carbonyl (C=O) groups excluding carboxylic acids is 1. The molecular weight excluding hydrogens is 380 g/mol. The van der Waals surface area contributed by atoms with Crippen molar-refractivity contribution in [3.8, 4) is 0 Å². The molecule has 2 heterocycles. The lowest BCUT2D eigenvalue weighted by molar-refractivity contribution is 0.0942. The molecule has 8 nitrogen and oxygen atoms in total. The fourth-order valence-electron chi connectivity index (χ4n) is 2.27. The Labute approximate surface area is 162 Å². The third-order valence-electron chi connectivity index (χ3n) is 3.78. The van der Waals surface area contributed by atoms with Gasteiger partial charge >= 0.3 is 0 Å². The number of hydrogen-bond donors (Lipinski definition) is 3. The second kappa shape index (κ2) is 8.51. The van der Waals surface area contributed by atoms with Crippen molar-refractivity contribution < 1.29 is 17.6 Å². The number of nitrogens with zero attached hydrogens (tertiary/aromatic N) is 1. The molecule has 3 N–H and O–H groups in total. The van der Waals surface area contributed by atoms with Gasteiger partial charge in [0.1, 0.15) is 5.76 Å². The zero-order valence-corrected chi connectivity index (χ0v) is 15.6. The summed E-state index contributed by atoms with van der Waals surface area (Å²) >= 11 is 0. The maximum atomic E-state index is 12.3. The van der Waals surface area contributed by atoms with Crippen molar-refractivity contribution in [2.45, 2.75) is 11.4 Å². The van der Waals surface area contributed by atoms with E-state index in [0.717, 1.165) is 0 Å². The summed E-state index contributed by atoms with van der Waals surface area (Å²) in [5.41, 5.74) is 6.63. The summed E-state index contributed by atoms with van der Waals surface area (Å²) in [6, 6.07) is 12.7. The second-order valence-corrected chi connectivity index (χ2v) is 7.49. The highest BCUT2D eigenvalue weighted by molar-refractivity contribution is 7.89. The Hall–Kier alpha value is -3.43. The van der Waals surface area contributed by atoms with E-state index in [0.29, 0.717) is 22.6 Å². The Morgan fingerprint density at radius 1 is 1.04 bits per heavy atom. The standard InChI is InChI=1S/C19H18N4O4S/c1-14(22-23-19(24)16-4-2-10-20-12-16)15-6-8-18(9-7-15)28(25,26)21-13-17-5-3-11-27-17/h2-12,21-22H,1,13H2,(H,23,24). The van der Waals surface area contributed by atoms with Crippen molar-refractivity contribution in [2.75, 3.05) is 0 Å². The van der Waals surface area contributed by atoms with Gasteiger partial charge < -0.3 is 4.42 Å². The Balaban J connectivity index is 1.58. The van der Waals surface area contributed by atoms with Gasteiger partial charge in [0.05, 0.1) is 29.0 Å². The summed E-state index contributed by atoms with van der Waals surface area (Å²) in [7, 11) is -3.68. The topological polar surface area (TPSA) is 113 Å². The maximum Gasteiger partial charge on any atom is 0.271 e. The molecule has 0 aliphatic carbocycles. The molecule has 3 rings (SSSR count). The molecule has 9 heteroatoms. The summed E-state index contributed by atoms with van der Waals surface area (Å²) < 4.78 is 32.2. The molecule has 0 aliphatic rings. The van der Waals surface area contributed by atoms with Crippen molar-refractivity contribution in [2.24, 2.45) is 0 Å². The monoisotopic (exact) mass is 398 g/mol. The molecule has 0 aliphatic heterocycles. The van der Waals surface area contributed by atoms with E-state index in [2.05, 4.69) is 27.1 Å². The molecular formula is C19H18N4O4S. The van der Waals surface area contributed by atoms with Crippen molar-refractivity contribution in [3.05, 3.63) is 90.7 Å².